The van der Waals surface area contributed by atoms with Crippen molar-refractivity contribution in [2.24, 2.45) is 5.92 Å². The fraction of sp³-hybridized carbons (Fsp3) is 0.846. The van der Waals surface area contributed by atoms with Crippen LogP contribution in [0.15, 0.2) is 0 Å². The van der Waals surface area contributed by atoms with E-state index in [1.54, 1.807) is 0 Å². The van der Waals surface area contributed by atoms with Crippen molar-refractivity contribution in [3.8, 4) is 0 Å². The van der Waals surface area contributed by atoms with E-state index in [2.05, 4.69) is 5.32 Å². The van der Waals surface area contributed by atoms with Crippen molar-refractivity contribution in [1.29, 1.82) is 0 Å². The highest BCUT2D eigenvalue weighted by Gasteiger charge is 2.32. The lowest BCUT2D eigenvalue weighted by Crippen LogP contribution is -2.39. The molecule has 1 saturated carbocycles. The predicted molar refractivity (Wildman–Crippen MR) is 67.0 cm³/mol. The largest absolute Gasteiger partial charge is 0.378 e. The van der Waals surface area contributed by atoms with E-state index in [9.17, 15) is 9.59 Å². The third-order valence-corrected chi connectivity index (χ3v) is 3.72. The molecule has 5 heteroatoms. The van der Waals surface area contributed by atoms with Gasteiger partial charge in [-0.1, -0.05) is 0 Å². The first-order chi connectivity index (χ1) is 8.69. The minimum Gasteiger partial charge on any atom is -0.378 e. The molecule has 0 aromatic heterocycles. The maximum absolute atomic E-state index is 12.1. The molecule has 0 radical (unpaired) electrons. The fourth-order valence-electron chi connectivity index (χ4n) is 2.61. The lowest BCUT2D eigenvalue weighted by molar-refractivity contribution is -0.134. The molecule has 1 aliphatic carbocycles. The van der Waals surface area contributed by atoms with Crippen LogP contribution >= 0.6 is 0 Å². The van der Waals surface area contributed by atoms with Gasteiger partial charge in [0.25, 0.3) is 0 Å². The van der Waals surface area contributed by atoms with E-state index < -0.39 is 0 Å². The van der Waals surface area contributed by atoms with Crippen LogP contribution in [0.1, 0.15) is 32.6 Å². The second-order valence-corrected chi connectivity index (χ2v) is 5.10. The quantitative estimate of drug-likeness (QED) is 0.796. The van der Waals surface area contributed by atoms with Gasteiger partial charge in [-0.05, 0) is 25.7 Å². The molecule has 2 aliphatic rings. The molecule has 2 amide bonds. The van der Waals surface area contributed by atoms with Crippen LogP contribution in [0.25, 0.3) is 0 Å². The van der Waals surface area contributed by atoms with Crippen molar-refractivity contribution in [2.75, 3.05) is 26.2 Å². The molecule has 0 bridgehead atoms. The van der Waals surface area contributed by atoms with E-state index in [1.165, 1.54) is 0 Å². The van der Waals surface area contributed by atoms with E-state index in [0.717, 1.165) is 19.4 Å². The summed E-state index contributed by atoms with van der Waals surface area (Å²) < 4.78 is 5.49. The third-order valence-electron chi connectivity index (χ3n) is 3.72. The minimum atomic E-state index is 0.0466. The monoisotopic (exact) mass is 254 g/mol. The van der Waals surface area contributed by atoms with Crippen molar-refractivity contribution >= 4 is 11.8 Å². The average molecular weight is 254 g/mol. The standard InChI is InChI=1S/C13H22N2O3/c1-2-18-11-7-10(8-11)9-13(17)15-5-3-12(16)14-4-6-15/h10-11H,2-9H2,1H3,(H,14,16). The molecule has 1 heterocycles. The average Bonchev–Trinajstić information content (AvgIpc) is 2.51. The van der Waals surface area contributed by atoms with Crippen LogP contribution in [0, 0.1) is 5.92 Å². The number of ether oxygens (including phenoxy) is 1. The van der Waals surface area contributed by atoms with Crippen molar-refractivity contribution in [1.82, 2.24) is 10.2 Å². The normalized spacial score (nSPS) is 28.3. The zero-order chi connectivity index (χ0) is 13.0. The fourth-order valence-corrected chi connectivity index (χ4v) is 2.61. The van der Waals surface area contributed by atoms with Crippen molar-refractivity contribution in [3.05, 3.63) is 0 Å². The van der Waals surface area contributed by atoms with Crippen LogP contribution in [0.4, 0.5) is 0 Å². The lowest BCUT2D eigenvalue weighted by atomic mass is 9.79. The maximum Gasteiger partial charge on any atom is 0.222 e. The minimum absolute atomic E-state index is 0.0466. The Morgan fingerprint density at radius 2 is 2.22 bits per heavy atom. The van der Waals surface area contributed by atoms with Gasteiger partial charge >= 0.3 is 0 Å². The van der Waals surface area contributed by atoms with Crippen LogP contribution in [0.2, 0.25) is 0 Å². The molecule has 1 saturated heterocycles. The molecule has 0 aromatic carbocycles. The van der Waals surface area contributed by atoms with Gasteiger partial charge < -0.3 is 15.0 Å². The number of carbonyl (C=O) groups excluding carboxylic acids is 2. The Kier molecular flexibility index (Phi) is 4.58. The van der Waals surface area contributed by atoms with Crippen LogP contribution in [0.3, 0.4) is 0 Å². The SMILES string of the molecule is CCOC1CC(CC(=O)N2CCNC(=O)CC2)C1. The Bertz CT molecular complexity index is 313. The lowest BCUT2D eigenvalue weighted by Gasteiger charge is -2.35. The number of nitrogens with one attached hydrogen (secondary N) is 1. The van der Waals surface area contributed by atoms with Gasteiger partial charge in [-0.25, -0.2) is 0 Å². The Morgan fingerprint density at radius 3 is 2.94 bits per heavy atom. The van der Waals surface area contributed by atoms with Crippen LogP contribution in [-0.4, -0.2) is 49.1 Å². The highest BCUT2D eigenvalue weighted by atomic mass is 16.5. The van der Waals surface area contributed by atoms with Crippen LogP contribution in [-0.2, 0) is 14.3 Å². The molecule has 1 aliphatic heterocycles. The summed E-state index contributed by atoms with van der Waals surface area (Å²) in [5, 5.41) is 2.78. The maximum atomic E-state index is 12.1. The summed E-state index contributed by atoms with van der Waals surface area (Å²) in [4.78, 5) is 25.1. The second-order valence-electron chi connectivity index (χ2n) is 5.10. The molecule has 1 N–H and O–H groups in total. The Labute approximate surface area is 108 Å². The summed E-state index contributed by atoms with van der Waals surface area (Å²) in [5.74, 6) is 0.706. The van der Waals surface area contributed by atoms with E-state index in [4.69, 9.17) is 4.74 Å². The number of hydrogen-bond donors (Lipinski definition) is 1. The van der Waals surface area contributed by atoms with Gasteiger partial charge in [0.05, 0.1) is 6.10 Å². The van der Waals surface area contributed by atoms with Gasteiger partial charge in [-0.3, -0.25) is 9.59 Å². The van der Waals surface area contributed by atoms with Gasteiger partial charge in [0.2, 0.25) is 11.8 Å². The number of rotatable bonds is 4. The zero-order valence-electron chi connectivity index (χ0n) is 11.0. The molecular formula is C13H22N2O3. The van der Waals surface area contributed by atoms with Crippen LogP contribution in [0.5, 0.6) is 0 Å². The number of hydrogen-bond acceptors (Lipinski definition) is 3. The third kappa shape index (κ3) is 3.45. The van der Waals surface area contributed by atoms with E-state index in [-0.39, 0.29) is 11.8 Å². The Morgan fingerprint density at radius 1 is 1.44 bits per heavy atom. The number of carbonyl (C=O) groups is 2. The van der Waals surface area contributed by atoms with Gasteiger partial charge in [0.1, 0.15) is 0 Å². The Hall–Kier alpha value is -1.10. The van der Waals surface area contributed by atoms with Gasteiger partial charge in [0, 0.05) is 39.1 Å². The first-order valence-electron chi connectivity index (χ1n) is 6.85. The van der Waals surface area contributed by atoms with Gasteiger partial charge in [0.15, 0.2) is 0 Å². The number of nitrogens with zero attached hydrogens (tertiary/aromatic N) is 1. The molecule has 5 nitrogen and oxygen atoms in total. The highest BCUT2D eigenvalue weighted by Crippen LogP contribution is 2.33. The summed E-state index contributed by atoms with van der Waals surface area (Å²) in [6, 6.07) is 0. The molecule has 102 valence electrons. The summed E-state index contributed by atoms with van der Waals surface area (Å²) in [7, 11) is 0. The summed E-state index contributed by atoms with van der Waals surface area (Å²) >= 11 is 0. The summed E-state index contributed by atoms with van der Waals surface area (Å²) in [6.45, 7) is 4.54. The molecule has 0 spiro atoms. The summed E-state index contributed by atoms with van der Waals surface area (Å²) in [6.07, 6.45) is 3.41. The molecule has 2 rings (SSSR count). The molecule has 0 aromatic rings. The Balaban J connectivity index is 1.70. The van der Waals surface area contributed by atoms with Crippen LogP contribution < -0.4 is 5.32 Å². The molecular weight excluding hydrogens is 232 g/mol. The van der Waals surface area contributed by atoms with Gasteiger partial charge in [-0.2, -0.15) is 0 Å². The van der Waals surface area contributed by atoms with E-state index in [1.807, 2.05) is 11.8 Å². The molecule has 2 fully saturated rings. The predicted octanol–water partition coefficient (Wildman–Crippen LogP) is 0.540. The highest BCUT2D eigenvalue weighted by molar-refractivity contribution is 5.80. The molecule has 18 heavy (non-hydrogen) atoms. The van der Waals surface area contributed by atoms with Crippen molar-refractivity contribution in [3.63, 3.8) is 0 Å². The smallest absolute Gasteiger partial charge is 0.222 e. The second kappa shape index (κ2) is 6.18. The molecule has 0 atom stereocenters. The number of amides is 2. The first-order valence-corrected chi connectivity index (χ1v) is 6.85. The van der Waals surface area contributed by atoms with E-state index in [0.29, 0.717) is 44.5 Å². The summed E-state index contributed by atoms with van der Waals surface area (Å²) in [5.41, 5.74) is 0. The van der Waals surface area contributed by atoms with Crippen molar-refractivity contribution < 1.29 is 14.3 Å². The zero-order valence-corrected chi connectivity index (χ0v) is 11.0. The van der Waals surface area contributed by atoms with Crippen molar-refractivity contribution in [2.45, 2.75) is 38.7 Å². The first kappa shape index (κ1) is 13.3. The topological polar surface area (TPSA) is 58.6 Å². The van der Waals surface area contributed by atoms with Gasteiger partial charge in [-0.15, -0.1) is 0 Å². The molecule has 0 unspecified atom stereocenters. The van der Waals surface area contributed by atoms with E-state index >= 15 is 0 Å².